The summed E-state index contributed by atoms with van der Waals surface area (Å²) in [5.41, 5.74) is 0.545. The minimum absolute atomic E-state index is 0.102. The molecule has 12 heteroatoms. The summed E-state index contributed by atoms with van der Waals surface area (Å²) in [5.74, 6) is 0.374. The normalized spacial score (nSPS) is 12.0. The van der Waals surface area contributed by atoms with E-state index < -0.39 is 20.8 Å². The van der Waals surface area contributed by atoms with Gasteiger partial charge in [-0.2, -0.15) is 13.4 Å². The molecule has 0 unspecified atom stereocenters. The van der Waals surface area contributed by atoms with Crippen molar-refractivity contribution >= 4 is 66.5 Å². The average molecular weight is 552 g/mol. The van der Waals surface area contributed by atoms with Gasteiger partial charge in [-0.1, -0.05) is 17.7 Å². The number of nitrogens with zero attached hydrogens (tertiary/aromatic N) is 2. The predicted octanol–water partition coefficient (Wildman–Crippen LogP) is 6.25. The van der Waals surface area contributed by atoms with Crippen LogP contribution in [0.1, 0.15) is 29.1 Å². The van der Waals surface area contributed by atoms with E-state index in [1.54, 1.807) is 62.4 Å². The number of aromatic nitrogens is 2. The second kappa shape index (κ2) is 9.71. The van der Waals surface area contributed by atoms with Crippen LogP contribution in [0.15, 0.2) is 54.6 Å². The van der Waals surface area contributed by atoms with Gasteiger partial charge in [0.25, 0.3) is 16.0 Å². The zero-order valence-electron chi connectivity index (χ0n) is 18.7. The Labute approximate surface area is 216 Å². The number of halogens is 2. The summed E-state index contributed by atoms with van der Waals surface area (Å²) >= 11 is 13.2. The second-order valence-corrected chi connectivity index (χ2v) is 12.0. The minimum Gasteiger partial charge on any atom is -0.439 e. The van der Waals surface area contributed by atoms with Crippen molar-refractivity contribution in [2.75, 3.05) is 12.4 Å². The van der Waals surface area contributed by atoms with Crippen molar-refractivity contribution in [2.45, 2.75) is 18.6 Å². The van der Waals surface area contributed by atoms with Gasteiger partial charge in [-0.15, -0.1) is 11.3 Å². The van der Waals surface area contributed by atoms with E-state index in [1.165, 1.54) is 17.4 Å². The SMILES string of the molecule is COS(=O)(=O)C(C)(C)c1ccc2sc(C(=O)Nc3cc(Oc4ccc(Cl)cc4)nc(Cl)n3)cc2c1. The standard InChI is InChI=1S/C23H19Cl2N3O5S2/c1-23(2,35(30,31)32-3)14-4-9-17-13(10-14)11-18(34-17)21(29)26-19-12-20(28-22(25)27-19)33-16-7-5-15(24)6-8-16/h4-12H,1-3H3,(H,26,27,28,29). The number of hydrogen-bond donors (Lipinski definition) is 1. The molecule has 1 amide bonds. The van der Waals surface area contributed by atoms with E-state index in [0.29, 0.717) is 21.2 Å². The zero-order valence-corrected chi connectivity index (χ0v) is 21.8. The van der Waals surface area contributed by atoms with Crippen LogP contribution in [-0.2, 0) is 19.0 Å². The number of benzene rings is 2. The predicted molar refractivity (Wildman–Crippen MR) is 137 cm³/mol. The summed E-state index contributed by atoms with van der Waals surface area (Å²) in [4.78, 5) is 21.4. The minimum atomic E-state index is -3.82. The van der Waals surface area contributed by atoms with Crippen molar-refractivity contribution < 1.29 is 22.1 Å². The fraction of sp³-hybridized carbons (Fsp3) is 0.174. The molecule has 0 aliphatic rings. The molecule has 0 aliphatic heterocycles. The molecule has 2 aromatic carbocycles. The van der Waals surface area contributed by atoms with Gasteiger partial charge in [0.15, 0.2) is 0 Å². The van der Waals surface area contributed by atoms with Crippen LogP contribution in [0, 0.1) is 0 Å². The summed E-state index contributed by atoms with van der Waals surface area (Å²) in [7, 11) is -2.69. The Morgan fingerprint density at radius 1 is 1.03 bits per heavy atom. The van der Waals surface area contributed by atoms with Gasteiger partial charge in [0.2, 0.25) is 11.2 Å². The van der Waals surface area contributed by atoms with Crippen molar-refractivity contribution in [1.29, 1.82) is 0 Å². The van der Waals surface area contributed by atoms with E-state index >= 15 is 0 Å². The molecule has 0 fully saturated rings. The number of nitrogens with one attached hydrogen (secondary N) is 1. The average Bonchev–Trinajstić information content (AvgIpc) is 3.24. The molecule has 4 aromatic rings. The summed E-state index contributed by atoms with van der Waals surface area (Å²) in [6.45, 7) is 3.13. The lowest BCUT2D eigenvalue weighted by Gasteiger charge is -2.23. The number of rotatable bonds is 7. The van der Waals surface area contributed by atoms with Crippen molar-refractivity contribution in [3.63, 3.8) is 0 Å². The van der Waals surface area contributed by atoms with Gasteiger partial charge in [-0.05, 0) is 78.9 Å². The molecule has 0 radical (unpaired) electrons. The van der Waals surface area contributed by atoms with Crippen LogP contribution in [0.2, 0.25) is 10.3 Å². The number of hydrogen-bond acceptors (Lipinski definition) is 8. The third-order valence-electron chi connectivity index (χ3n) is 5.23. The maximum absolute atomic E-state index is 12.9. The molecular weight excluding hydrogens is 533 g/mol. The number of anilines is 1. The molecule has 4 rings (SSSR count). The van der Waals surface area contributed by atoms with Crippen LogP contribution >= 0.6 is 34.5 Å². The molecule has 0 spiro atoms. The van der Waals surface area contributed by atoms with Gasteiger partial charge in [0.05, 0.1) is 12.0 Å². The van der Waals surface area contributed by atoms with Gasteiger partial charge in [0, 0.05) is 15.8 Å². The highest BCUT2D eigenvalue weighted by Gasteiger charge is 2.36. The Hall–Kier alpha value is -2.76. The molecule has 1 N–H and O–H groups in total. The summed E-state index contributed by atoms with van der Waals surface area (Å²) in [6.07, 6.45) is 0. The van der Waals surface area contributed by atoms with Gasteiger partial charge in [-0.25, -0.2) is 4.98 Å². The van der Waals surface area contributed by atoms with E-state index in [0.717, 1.165) is 17.2 Å². The number of carbonyl (C=O) groups excluding carboxylic acids is 1. The quantitative estimate of drug-likeness (QED) is 0.213. The summed E-state index contributed by atoms with van der Waals surface area (Å²) in [6, 6.07) is 15.0. The van der Waals surface area contributed by atoms with E-state index in [-0.39, 0.29) is 17.0 Å². The van der Waals surface area contributed by atoms with Gasteiger partial charge in [0.1, 0.15) is 16.3 Å². The van der Waals surface area contributed by atoms with Crippen LogP contribution in [-0.4, -0.2) is 31.4 Å². The van der Waals surface area contributed by atoms with Crippen LogP contribution in [0.5, 0.6) is 11.6 Å². The van der Waals surface area contributed by atoms with Crippen molar-refractivity contribution in [2.24, 2.45) is 0 Å². The zero-order chi connectivity index (χ0) is 25.4. The monoisotopic (exact) mass is 551 g/mol. The Balaban J connectivity index is 1.57. The van der Waals surface area contributed by atoms with Crippen molar-refractivity contribution in [3.8, 4) is 11.6 Å². The molecular formula is C23H19Cl2N3O5S2. The molecule has 0 saturated heterocycles. The molecule has 0 atom stereocenters. The van der Waals surface area contributed by atoms with Crippen LogP contribution in [0.4, 0.5) is 5.82 Å². The van der Waals surface area contributed by atoms with E-state index in [2.05, 4.69) is 15.3 Å². The number of fused-ring (bicyclic) bond motifs is 1. The first-order valence-electron chi connectivity index (χ1n) is 10.1. The van der Waals surface area contributed by atoms with E-state index in [1.807, 2.05) is 0 Å². The lowest BCUT2D eigenvalue weighted by Crippen LogP contribution is -2.30. The fourth-order valence-corrected chi connectivity index (χ4v) is 5.27. The second-order valence-electron chi connectivity index (χ2n) is 7.86. The first kappa shape index (κ1) is 25.3. The number of ether oxygens (including phenoxy) is 1. The molecule has 8 nitrogen and oxygen atoms in total. The van der Waals surface area contributed by atoms with Crippen molar-refractivity contribution in [1.82, 2.24) is 9.97 Å². The van der Waals surface area contributed by atoms with Crippen LogP contribution in [0.3, 0.4) is 0 Å². The molecule has 35 heavy (non-hydrogen) atoms. The van der Waals surface area contributed by atoms with E-state index in [4.69, 9.17) is 32.1 Å². The number of carbonyl (C=O) groups is 1. The Morgan fingerprint density at radius 3 is 2.43 bits per heavy atom. The molecule has 182 valence electrons. The van der Waals surface area contributed by atoms with Crippen LogP contribution < -0.4 is 10.1 Å². The lowest BCUT2D eigenvalue weighted by atomic mass is 10.0. The molecule has 2 aromatic heterocycles. The number of thiophene rings is 1. The fourth-order valence-electron chi connectivity index (χ4n) is 3.20. The Bertz CT molecular complexity index is 1520. The summed E-state index contributed by atoms with van der Waals surface area (Å²) < 4.78 is 34.6. The Morgan fingerprint density at radius 2 is 1.74 bits per heavy atom. The van der Waals surface area contributed by atoms with Crippen molar-refractivity contribution in [3.05, 3.63) is 75.3 Å². The van der Waals surface area contributed by atoms with Gasteiger partial charge < -0.3 is 10.1 Å². The molecule has 0 aliphatic carbocycles. The third-order valence-corrected chi connectivity index (χ3v) is 8.69. The highest BCUT2D eigenvalue weighted by Crippen LogP contribution is 2.35. The van der Waals surface area contributed by atoms with Crippen LogP contribution in [0.25, 0.3) is 10.1 Å². The topological polar surface area (TPSA) is 107 Å². The van der Waals surface area contributed by atoms with Gasteiger partial charge >= 0.3 is 0 Å². The maximum atomic E-state index is 12.9. The molecule has 0 bridgehead atoms. The largest absolute Gasteiger partial charge is 0.439 e. The highest BCUT2D eigenvalue weighted by atomic mass is 35.5. The van der Waals surface area contributed by atoms with Gasteiger partial charge in [-0.3, -0.25) is 8.98 Å². The smallest absolute Gasteiger partial charge is 0.276 e. The third kappa shape index (κ3) is 5.41. The summed E-state index contributed by atoms with van der Waals surface area (Å²) in [5, 5.41) is 3.88. The lowest BCUT2D eigenvalue weighted by molar-refractivity contribution is 0.103. The first-order valence-corrected chi connectivity index (χ1v) is 13.1. The Kier molecular flexibility index (Phi) is 7.03. The maximum Gasteiger partial charge on any atom is 0.276 e. The number of amides is 1. The molecule has 2 heterocycles. The van der Waals surface area contributed by atoms with E-state index in [9.17, 15) is 13.2 Å². The highest BCUT2D eigenvalue weighted by molar-refractivity contribution is 7.87. The molecule has 0 saturated carbocycles. The first-order chi connectivity index (χ1) is 16.5.